The molecule has 0 saturated carbocycles. The molecular weight excluding hydrogens is 2000 g/mol. The van der Waals surface area contributed by atoms with Gasteiger partial charge in [0.15, 0.2) is 0 Å². The predicted molar refractivity (Wildman–Crippen MR) is 455 cm³/mol. The summed E-state index contributed by atoms with van der Waals surface area (Å²) in [6, 6.07) is 0. The number of nitrogens with two attached hydrogens (primary N) is 1. The van der Waals surface area contributed by atoms with Crippen molar-refractivity contribution in [2.45, 2.75) is 273 Å². The van der Waals surface area contributed by atoms with Crippen LogP contribution in [0.4, 0.5) is 0 Å². The smallest absolute Gasteiger partial charge is 0 e. The van der Waals surface area contributed by atoms with Gasteiger partial charge in [-0.25, -0.2) is 0 Å². The van der Waals surface area contributed by atoms with E-state index in [1.54, 1.807) is 46.3 Å². The second kappa shape index (κ2) is 978. The van der Waals surface area contributed by atoms with E-state index in [1.165, 1.54) is 147 Å². The van der Waals surface area contributed by atoms with E-state index in [0.29, 0.717) is 32.2 Å². The average Bonchev–Trinajstić information content (AvgIpc) is 3.62. The van der Waals surface area contributed by atoms with Crippen molar-refractivity contribution in [3.05, 3.63) is 0 Å². The number of rotatable bonds is 17. The number of amides is 6. The summed E-state index contributed by atoms with van der Waals surface area (Å²) in [5, 5.41) is 26.7. The van der Waals surface area contributed by atoms with E-state index in [0.717, 1.165) is 19.6 Å². The normalized spacial score (nSPS) is 4.40. The van der Waals surface area contributed by atoms with Crippen molar-refractivity contribution in [3.8, 4) is 0 Å². The van der Waals surface area contributed by atoms with Crippen LogP contribution in [0.15, 0.2) is 0 Å². The maximum Gasteiger partial charge on any atom is 0 e. The molecule has 0 aliphatic rings. The summed E-state index contributed by atoms with van der Waals surface area (Å²) in [7, 11) is 22.0. The molecule has 6 amide bonds. The van der Waals surface area contributed by atoms with Crippen molar-refractivity contribution in [3.63, 3.8) is 0 Å². The van der Waals surface area contributed by atoms with E-state index in [-0.39, 0.29) is 336 Å². The summed E-state index contributed by atoms with van der Waals surface area (Å²) in [6.45, 7) is 52.5. The van der Waals surface area contributed by atoms with E-state index in [2.05, 4.69) is 65.3 Å². The Balaban J connectivity index is -0.00000000840. The van der Waals surface area contributed by atoms with E-state index >= 15 is 0 Å². The van der Waals surface area contributed by atoms with Crippen LogP contribution < -0.4 is 64.2 Å². The third kappa shape index (κ3) is 3400. The molecule has 0 atom stereocenters. The van der Waals surface area contributed by atoms with Crippen molar-refractivity contribution in [2.75, 3.05) is 118 Å². The number of hydrogen-bond donors (Lipinski definition) is 12. The number of nitrogens with one attached hydrogen (secondary N) is 11. The molecule has 0 aromatic rings. The standard InChI is InChI=1S/3C4H8NO.C3H6NO.6C2H4NO.2C2H7N.5C2H3O.10C2H6.CHO.10CH4.8Y/c3*1-5-3-2-4-6;4-2-1-3-5;6*1-3-2-4;2*1-3-2;5*1-2-3;11*1-2;;;;;;;;;;;;;;;;;;/h3*5H,2-3H2,1H3;1-2,4H2;6*1H3,(H,3,4);2*3H,1-2H3;5*1H3;10*1-2H3;1H;10*1H4;;;;;;;;/q10*-1;;;5*-1;;;;;;;;;;;-1;;;;;;;;;;;;;;;;;;. The zero-order valence-corrected chi connectivity index (χ0v) is 91.7. The van der Waals surface area contributed by atoms with E-state index < -0.39 is 0 Å². The van der Waals surface area contributed by atoms with Gasteiger partial charge in [-0.3, -0.25) is 63.4 Å². The summed E-state index contributed by atoms with van der Waals surface area (Å²) in [6.07, 6.45) is 24.8. The Morgan fingerprint density at radius 1 is 0.222 bits per heavy atom. The van der Waals surface area contributed by atoms with Gasteiger partial charge in [0.25, 0.3) is 0 Å². The van der Waals surface area contributed by atoms with Gasteiger partial charge in [0.2, 0.25) is 0 Å². The van der Waals surface area contributed by atoms with Crippen LogP contribution in [0.5, 0.6) is 0 Å². The molecule has 28 nitrogen and oxygen atoms in total. The summed E-state index contributed by atoms with van der Waals surface area (Å²) >= 11 is 0. The van der Waals surface area contributed by atoms with Gasteiger partial charge in [0, 0.05) is 262 Å². The van der Waals surface area contributed by atoms with Gasteiger partial charge in [-0.05, 0) is 118 Å². The maximum atomic E-state index is 9.40. The van der Waals surface area contributed by atoms with Gasteiger partial charge >= 0.3 is 0 Å². The quantitative estimate of drug-likeness (QED) is 0.0278. The Morgan fingerprint density at radius 3 is 0.296 bits per heavy atom. The molecule has 0 saturated heterocycles. The van der Waals surface area contributed by atoms with Crippen LogP contribution in [-0.4, -0.2) is 220 Å². The fourth-order valence-electron chi connectivity index (χ4n) is 0.587. The van der Waals surface area contributed by atoms with Crippen molar-refractivity contribution < 1.29 is 338 Å². The van der Waals surface area contributed by atoms with Gasteiger partial charge in [-0.1, -0.05) is 213 Å². The minimum Gasteiger partial charge on any atom is -0.545 e. The Labute approximate surface area is 882 Å². The zero-order valence-electron chi connectivity index (χ0n) is 69.0. The van der Waals surface area contributed by atoms with Crippen LogP contribution >= 0.6 is 0 Å². The molecule has 36 heteroatoms. The van der Waals surface area contributed by atoms with Gasteiger partial charge in [0.05, 0.1) is 0 Å². The van der Waals surface area contributed by atoms with Crippen molar-refractivity contribution >= 4 is 102 Å². The molecule has 13 N–H and O–H groups in total. The predicted octanol–water partition coefficient (Wildman–Crippen LogP) is 10.8. The second-order valence-corrected chi connectivity index (χ2v) is 7.81. The Kier molecular flexibility index (Phi) is 2890. The average molecular weight is 2190 g/mol. The third-order valence-corrected chi connectivity index (χ3v) is 2.29. The van der Waals surface area contributed by atoms with Crippen LogP contribution in [0.2, 0.25) is 0 Å². The van der Waals surface area contributed by atoms with Gasteiger partial charge in [0.1, 0.15) is 0 Å². The molecule has 0 unspecified atom stereocenters. The largest absolute Gasteiger partial charge is 0.545 e. The van der Waals surface area contributed by atoms with Gasteiger partial charge in [-0.2, -0.15) is 73.1 Å². The second-order valence-electron chi connectivity index (χ2n) is 7.81. The first-order valence-corrected chi connectivity index (χ1v) is 28.7. The zero-order chi connectivity index (χ0) is 80.0. The van der Waals surface area contributed by atoms with Crippen molar-refractivity contribution in [1.82, 2.24) is 58.5 Å². The molecule has 108 heavy (non-hydrogen) atoms. The monoisotopic (exact) mass is 2180 g/mol. The van der Waals surface area contributed by atoms with Gasteiger partial charge < -0.3 is 141 Å². The molecule has 0 spiro atoms. The minimum atomic E-state index is 0. The Bertz CT molecular complexity index is 780. The summed E-state index contributed by atoms with van der Waals surface area (Å²) < 4.78 is 0. The molecule has 0 aliphatic carbocycles. The molecule has 0 fully saturated rings. The molecule has 0 aromatic heterocycles. The topological polar surface area (TPSA) is 431 Å². The Morgan fingerprint density at radius 2 is 0.287 bits per heavy atom. The van der Waals surface area contributed by atoms with Crippen molar-refractivity contribution in [2.24, 2.45) is 5.73 Å². The van der Waals surface area contributed by atoms with E-state index in [4.69, 9.17) is 63.3 Å². The minimum absolute atomic E-state index is 0. The summed E-state index contributed by atoms with van der Waals surface area (Å²) in [4.78, 5) is 142. The molecule has 0 rings (SSSR count). The third-order valence-electron chi connectivity index (χ3n) is 2.29. The maximum absolute atomic E-state index is 9.40. The van der Waals surface area contributed by atoms with E-state index in [9.17, 15) is 19.2 Å². The van der Waals surface area contributed by atoms with Crippen LogP contribution in [0.3, 0.4) is 0 Å². The van der Waals surface area contributed by atoms with Crippen LogP contribution in [0, 0.1) is 0 Å². The summed E-state index contributed by atoms with van der Waals surface area (Å²) in [5.74, 6) is 0. The number of carbonyl (C=O) groups excluding carboxylic acids is 16. The molecule has 668 valence electrons. The first kappa shape index (κ1) is 319. The Hall–Kier alpha value is 2.11. The van der Waals surface area contributed by atoms with Gasteiger partial charge in [-0.15, -0.1) is 25.7 Å². The summed E-state index contributed by atoms with van der Waals surface area (Å²) in [5.41, 5.74) is 4.88. The molecule has 0 heterocycles. The van der Waals surface area contributed by atoms with Crippen LogP contribution in [0.1, 0.15) is 273 Å². The van der Waals surface area contributed by atoms with E-state index in [1.807, 2.05) is 167 Å². The molecule has 0 bridgehead atoms. The molecule has 8 radical (unpaired) electrons. The molecule has 0 aliphatic heterocycles. The fraction of sp³-hybridized carbons (Fsp3) is 0.778. The van der Waals surface area contributed by atoms with Crippen LogP contribution in [-0.2, 0) is 338 Å². The first-order valence-electron chi connectivity index (χ1n) is 28.7. The fourth-order valence-corrected chi connectivity index (χ4v) is 0.587. The molecular formula is C72H184N12O16Y8-16. The molecule has 0 aromatic carbocycles. The van der Waals surface area contributed by atoms with Crippen molar-refractivity contribution in [1.29, 1.82) is 0 Å². The first-order chi connectivity index (χ1) is 43.5. The SMILES string of the molecule is C.C.C.C.C.C.C.C.C.C.CC.CC.CC.CC.CC.CC.CC.CC.CC.CC.CNC.CNC.CNCC[C-]=O.CNCC[C-]=O.CNCC[C-]=O.CN[C-]=O.CN[C-]=O.CN[C-]=O.CN[C-]=O.CN[C-]=O.CN[C-]=O.C[C-]=O.C[C-]=O.C[C-]=O.C[C-]=O.C[C-]=O.NCC[C-]=O.[CH-]=O.[Y].[Y].[Y].[Y].[Y].[Y].[Y].[Y]. The van der Waals surface area contributed by atoms with Crippen LogP contribution in [0.25, 0.3) is 0 Å². The number of hydrogen-bond acceptors (Lipinski definition) is 22.